The Morgan fingerprint density at radius 1 is 1.11 bits per heavy atom. The molecular formula is C12H22N2O4S. The van der Waals surface area contributed by atoms with Gasteiger partial charge in [-0.05, 0) is 38.0 Å². The second-order valence-corrected chi connectivity index (χ2v) is 7.43. The van der Waals surface area contributed by atoms with E-state index in [-0.39, 0.29) is 0 Å². The topological polar surface area (TPSA) is 77.9 Å². The zero-order valence-corrected chi connectivity index (χ0v) is 12.1. The van der Waals surface area contributed by atoms with E-state index in [4.69, 9.17) is 0 Å². The molecule has 0 radical (unpaired) electrons. The van der Waals surface area contributed by atoms with Crippen molar-refractivity contribution in [3.8, 4) is 0 Å². The highest BCUT2D eigenvalue weighted by atomic mass is 32.2. The summed E-state index contributed by atoms with van der Waals surface area (Å²) in [5.74, 6) is -0.489. The Morgan fingerprint density at radius 3 is 2.32 bits per heavy atom. The summed E-state index contributed by atoms with van der Waals surface area (Å²) in [6.45, 7) is 3.45. The molecule has 0 aliphatic carbocycles. The molecule has 2 saturated heterocycles. The van der Waals surface area contributed by atoms with Crippen molar-refractivity contribution >= 4 is 16.2 Å². The highest BCUT2D eigenvalue weighted by Crippen LogP contribution is 2.26. The molecule has 110 valence electrons. The van der Waals surface area contributed by atoms with Crippen molar-refractivity contribution in [1.82, 2.24) is 8.61 Å². The fourth-order valence-corrected chi connectivity index (χ4v) is 4.64. The lowest BCUT2D eigenvalue weighted by atomic mass is 10.0. The van der Waals surface area contributed by atoms with Gasteiger partial charge in [-0.2, -0.15) is 17.0 Å². The minimum absolute atomic E-state index is 0.325. The van der Waals surface area contributed by atoms with E-state index in [0.29, 0.717) is 32.0 Å². The minimum Gasteiger partial charge on any atom is -0.480 e. The van der Waals surface area contributed by atoms with Gasteiger partial charge in [-0.25, -0.2) is 0 Å². The lowest BCUT2D eigenvalue weighted by Gasteiger charge is -2.38. The fourth-order valence-electron chi connectivity index (χ4n) is 2.79. The Kier molecular flexibility index (Phi) is 4.47. The van der Waals surface area contributed by atoms with Gasteiger partial charge in [0.25, 0.3) is 10.2 Å². The first kappa shape index (κ1) is 14.7. The number of aliphatic carboxylic acids is 1. The van der Waals surface area contributed by atoms with Gasteiger partial charge < -0.3 is 5.11 Å². The summed E-state index contributed by atoms with van der Waals surface area (Å²) in [5.41, 5.74) is 0. The van der Waals surface area contributed by atoms with Crippen LogP contribution in [0.3, 0.4) is 0 Å². The molecule has 0 bridgehead atoms. The summed E-state index contributed by atoms with van der Waals surface area (Å²) in [7, 11) is -3.62. The van der Waals surface area contributed by atoms with Crippen molar-refractivity contribution in [2.24, 2.45) is 5.92 Å². The second-order valence-electron chi connectivity index (χ2n) is 5.55. The van der Waals surface area contributed by atoms with Gasteiger partial charge in [-0.1, -0.05) is 6.92 Å². The highest BCUT2D eigenvalue weighted by Gasteiger charge is 2.40. The molecule has 2 fully saturated rings. The third-order valence-electron chi connectivity index (χ3n) is 4.10. The van der Waals surface area contributed by atoms with Gasteiger partial charge in [0.2, 0.25) is 0 Å². The zero-order valence-electron chi connectivity index (χ0n) is 11.3. The monoisotopic (exact) mass is 290 g/mol. The van der Waals surface area contributed by atoms with Crippen molar-refractivity contribution in [2.45, 2.75) is 45.1 Å². The standard InChI is InChI=1S/C12H22N2O4S/c1-10-5-8-13(9-6-10)19(17,18)14-7-3-2-4-11(14)12(15)16/h10-11H,2-9H2,1H3,(H,15,16)/t11-/m1/s1. The SMILES string of the molecule is CC1CCN(S(=O)(=O)N2CCCC[C@@H]2C(=O)O)CC1. The number of nitrogens with zero attached hydrogens (tertiary/aromatic N) is 2. The maximum absolute atomic E-state index is 12.6. The number of hydrogen-bond donors (Lipinski definition) is 1. The summed E-state index contributed by atoms with van der Waals surface area (Å²) < 4.78 is 27.7. The normalized spacial score (nSPS) is 28.4. The van der Waals surface area contributed by atoms with Gasteiger partial charge in [-0.3, -0.25) is 4.79 Å². The molecule has 0 aromatic rings. The van der Waals surface area contributed by atoms with E-state index in [1.807, 2.05) is 0 Å². The van der Waals surface area contributed by atoms with E-state index in [0.717, 1.165) is 25.7 Å². The zero-order chi connectivity index (χ0) is 14.0. The number of carbonyl (C=O) groups is 1. The van der Waals surface area contributed by atoms with Crippen LogP contribution in [0.25, 0.3) is 0 Å². The van der Waals surface area contributed by atoms with Gasteiger partial charge in [0.15, 0.2) is 0 Å². The molecule has 0 aromatic carbocycles. The van der Waals surface area contributed by atoms with E-state index in [1.165, 1.54) is 8.61 Å². The number of hydrogen-bond acceptors (Lipinski definition) is 3. The van der Waals surface area contributed by atoms with Gasteiger partial charge >= 0.3 is 5.97 Å². The van der Waals surface area contributed by atoms with E-state index < -0.39 is 22.2 Å². The highest BCUT2D eigenvalue weighted by molar-refractivity contribution is 7.86. The van der Waals surface area contributed by atoms with Crippen LogP contribution in [0.5, 0.6) is 0 Å². The first-order valence-electron chi connectivity index (χ1n) is 6.92. The van der Waals surface area contributed by atoms with Crippen LogP contribution in [-0.2, 0) is 15.0 Å². The van der Waals surface area contributed by atoms with Crippen molar-refractivity contribution < 1.29 is 18.3 Å². The van der Waals surface area contributed by atoms with E-state index in [9.17, 15) is 18.3 Å². The Balaban J connectivity index is 2.15. The maximum Gasteiger partial charge on any atom is 0.322 e. The summed E-state index contributed by atoms with van der Waals surface area (Å²) in [4.78, 5) is 11.2. The molecule has 2 rings (SSSR count). The fraction of sp³-hybridized carbons (Fsp3) is 0.917. The molecule has 2 heterocycles. The molecular weight excluding hydrogens is 268 g/mol. The molecule has 7 heteroatoms. The summed E-state index contributed by atoms with van der Waals surface area (Å²) >= 11 is 0. The average molecular weight is 290 g/mol. The van der Waals surface area contributed by atoms with Crippen molar-refractivity contribution in [3.05, 3.63) is 0 Å². The number of carboxylic acid groups (broad SMARTS) is 1. The predicted molar refractivity (Wildman–Crippen MR) is 70.9 cm³/mol. The maximum atomic E-state index is 12.6. The van der Waals surface area contributed by atoms with E-state index in [2.05, 4.69) is 6.92 Å². The number of rotatable bonds is 3. The Hall–Kier alpha value is -0.660. The van der Waals surface area contributed by atoms with Gasteiger partial charge in [0.05, 0.1) is 0 Å². The lowest BCUT2D eigenvalue weighted by Crippen LogP contribution is -2.54. The van der Waals surface area contributed by atoms with Crippen LogP contribution in [0.15, 0.2) is 0 Å². The largest absolute Gasteiger partial charge is 0.480 e. The van der Waals surface area contributed by atoms with Crippen LogP contribution in [0, 0.1) is 5.92 Å². The van der Waals surface area contributed by atoms with Crippen molar-refractivity contribution in [3.63, 3.8) is 0 Å². The first-order chi connectivity index (χ1) is 8.93. The third kappa shape index (κ3) is 3.09. The molecule has 0 saturated carbocycles. The summed E-state index contributed by atoms with van der Waals surface area (Å²) in [6.07, 6.45) is 3.64. The molecule has 0 amide bonds. The predicted octanol–water partition coefficient (Wildman–Crippen LogP) is 0.902. The van der Waals surface area contributed by atoms with Gasteiger partial charge in [0, 0.05) is 19.6 Å². The molecule has 6 nitrogen and oxygen atoms in total. The Labute approximate surface area is 114 Å². The minimum atomic E-state index is -3.62. The smallest absolute Gasteiger partial charge is 0.322 e. The van der Waals surface area contributed by atoms with Crippen LogP contribution < -0.4 is 0 Å². The van der Waals surface area contributed by atoms with Gasteiger partial charge in [-0.15, -0.1) is 0 Å². The lowest BCUT2D eigenvalue weighted by molar-refractivity contribution is -0.142. The van der Waals surface area contributed by atoms with Crippen molar-refractivity contribution in [1.29, 1.82) is 0 Å². The van der Waals surface area contributed by atoms with Crippen LogP contribution >= 0.6 is 0 Å². The third-order valence-corrected chi connectivity index (χ3v) is 6.15. The van der Waals surface area contributed by atoms with Crippen molar-refractivity contribution in [2.75, 3.05) is 19.6 Å². The van der Waals surface area contributed by atoms with Crippen LogP contribution in [0.1, 0.15) is 39.0 Å². The Morgan fingerprint density at radius 2 is 1.74 bits per heavy atom. The molecule has 2 aliphatic rings. The van der Waals surface area contributed by atoms with Crippen LogP contribution in [0.4, 0.5) is 0 Å². The molecule has 0 spiro atoms. The average Bonchev–Trinajstić information content (AvgIpc) is 2.39. The Bertz CT molecular complexity index is 429. The summed E-state index contributed by atoms with van der Waals surface area (Å²) in [6, 6.07) is -0.891. The van der Waals surface area contributed by atoms with Crippen LogP contribution in [0.2, 0.25) is 0 Å². The number of piperidine rings is 2. The van der Waals surface area contributed by atoms with E-state index >= 15 is 0 Å². The van der Waals surface area contributed by atoms with E-state index in [1.54, 1.807) is 0 Å². The molecule has 0 unspecified atom stereocenters. The quantitative estimate of drug-likeness (QED) is 0.838. The molecule has 1 N–H and O–H groups in total. The summed E-state index contributed by atoms with van der Waals surface area (Å²) in [5, 5.41) is 9.19. The number of carboxylic acids is 1. The molecule has 19 heavy (non-hydrogen) atoms. The van der Waals surface area contributed by atoms with Crippen LogP contribution in [-0.4, -0.2) is 53.8 Å². The molecule has 1 atom stereocenters. The molecule has 2 aliphatic heterocycles. The first-order valence-corrected chi connectivity index (χ1v) is 8.32. The second kappa shape index (κ2) is 5.76. The van der Waals surface area contributed by atoms with Gasteiger partial charge in [0.1, 0.15) is 6.04 Å². The molecule has 0 aromatic heterocycles.